The minimum Gasteiger partial charge on any atom is -0.309 e. The van der Waals surface area contributed by atoms with Crippen LogP contribution in [0.4, 0.5) is 0 Å². The third-order valence-electron chi connectivity index (χ3n) is 1.20. The smallest absolute Gasteiger partial charge is 0.0624 e. The second-order valence-electron chi connectivity index (χ2n) is 1.77. The molecular formula is C7H10N. The van der Waals surface area contributed by atoms with Gasteiger partial charge in [0.15, 0.2) is 0 Å². The zero-order chi connectivity index (χ0) is 5.82. The Bertz CT molecular complexity index is 114. The molecule has 0 heterocycles. The molecule has 0 aromatic rings. The highest BCUT2D eigenvalue weighted by molar-refractivity contribution is 5.21. The molecule has 0 aromatic carbocycles. The van der Waals surface area contributed by atoms with Crippen molar-refractivity contribution < 1.29 is 0 Å². The number of nitrogens with one attached hydrogen (secondary N) is 1. The van der Waals surface area contributed by atoms with Gasteiger partial charge in [-0.05, 0) is 13.5 Å². The predicted molar refractivity (Wildman–Crippen MR) is 35.2 cm³/mol. The van der Waals surface area contributed by atoms with Crippen molar-refractivity contribution >= 4 is 0 Å². The van der Waals surface area contributed by atoms with Crippen molar-refractivity contribution in [3.8, 4) is 0 Å². The van der Waals surface area contributed by atoms with E-state index in [1.165, 1.54) is 6.04 Å². The van der Waals surface area contributed by atoms with Gasteiger partial charge in [0.2, 0.25) is 0 Å². The number of rotatable bonds is 1. The second kappa shape index (κ2) is 2.68. The molecule has 1 radical (unpaired) electrons. The van der Waals surface area contributed by atoms with Crippen molar-refractivity contribution in [1.29, 1.82) is 0 Å². The van der Waals surface area contributed by atoms with E-state index in [-0.39, 0.29) is 0 Å². The van der Waals surface area contributed by atoms with E-state index in [0.29, 0.717) is 0 Å². The van der Waals surface area contributed by atoms with E-state index in [9.17, 15) is 0 Å². The van der Waals surface area contributed by atoms with Crippen LogP contribution in [-0.4, -0.2) is 7.05 Å². The monoisotopic (exact) mass is 108 g/mol. The lowest BCUT2D eigenvalue weighted by molar-refractivity contribution is 0.826. The number of likely N-dealkylation sites (N-methyl/N-ethyl adjacent to an activating group) is 1. The van der Waals surface area contributed by atoms with Gasteiger partial charge in [-0.25, -0.2) is 0 Å². The molecule has 0 aliphatic heterocycles. The van der Waals surface area contributed by atoms with Gasteiger partial charge in [0, 0.05) is 0 Å². The largest absolute Gasteiger partial charge is 0.309 e. The summed E-state index contributed by atoms with van der Waals surface area (Å²) < 4.78 is 0. The minimum atomic E-state index is 1.05. The molecular weight excluding hydrogens is 98.1 g/mol. The van der Waals surface area contributed by atoms with Crippen LogP contribution in [0, 0.1) is 6.04 Å². The summed E-state index contributed by atoms with van der Waals surface area (Å²) in [5.41, 5.74) is 0. The highest BCUT2D eigenvalue weighted by Gasteiger charge is 1.99. The van der Waals surface area contributed by atoms with E-state index in [1.807, 2.05) is 13.1 Å². The van der Waals surface area contributed by atoms with Gasteiger partial charge < -0.3 is 5.32 Å². The molecule has 1 nitrogen and oxygen atoms in total. The standard InChI is InChI=1S/C7H10N/c1-8-7-5-3-2-4-6-7/h2-5,8H,6H2,1H3. The minimum absolute atomic E-state index is 1.05. The molecule has 43 valence electrons. The van der Waals surface area contributed by atoms with Crippen LogP contribution in [0.5, 0.6) is 0 Å². The van der Waals surface area contributed by atoms with Gasteiger partial charge in [-0.2, -0.15) is 0 Å². The Morgan fingerprint density at radius 3 is 2.75 bits per heavy atom. The summed E-state index contributed by atoms with van der Waals surface area (Å²) in [5, 5.41) is 3.08. The Morgan fingerprint density at radius 2 is 2.38 bits per heavy atom. The first-order chi connectivity index (χ1) is 3.93. The molecule has 1 heteroatoms. The molecule has 0 saturated heterocycles. The van der Waals surface area contributed by atoms with Crippen molar-refractivity contribution in [2.45, 2.75) is 6.42 Å². The quantitative estimate of drug-likeness (QED) is 0.533. The fourth-order valence-corrected chi connectivity index (χ4v) is 0.699. The first-order valence-corrected chi connectivity index (χ1v) is 2.80. The van der Waals surface area contributed by atoms with Crippen molar-refractivity contribution in [2.24, 2.45) is 0 Å². The van der Waals surface area contributed by atoms with Crippen LogP contribution in [0.2, 0.25) is 0 Å². The van der Waals surface area contributed by atoms with E-state index in [4.69, 9.17) is 0 Å². The Kier molecular flexibility index (Phi) is 1.86. The maximum atomic E-state index is 3.08. The lowest BCUT2D eigenvalue weighted by Crippen LogP contribution is -2.13. The van der Waals surface area contributed by atoms with Crippen LogP contribution < -0.4 is 5.32 Å². The summed E-state index contributed by atoms with van der Waals surface area (Å²) in [6, 6.07) is 1.28. The fourth-order valence-electron chi connectivity index (χ4n) is 0.699. The van der Waals surface area contributed by atoms with Crippen molar-refractivity contribution in [1.82, 2.24) is 5.32 Å². The first-order valence-electron chi connectivity index (χ1n) is 2.80. The summed E-state index contributed by atoms with van der Waals surface area (Å²) in [4.78, 5) is 0. The van der Waals surface area contributed by atoms with Gasteiger partial charge in [-0.3, -0.25) is 0 Å². The van der Waals surface area contributed by atoms with Crippen LogP contribution >= 0.6 is 0 Å². The van der Waals surface area contributed by atoms with Gasteiger partial charge in [-0.1, -0.05) is 24.3 Å². The van der Waals surface area contributed by atoms with Crippen molar-refractivity contribution in [2.75, 3.05) is 7.05 Å². The maximum absolute atomic E-state index is 3.08. The molecule has 1 rings (SSSR count). The van der Waals surface area contributed by atoms with Gasteiger partial charge in [0.05, 0.1) is 6.04 Å². The SMILES string of the molecule is CN[C]1C=CC=CC1. The van der Waals surface area contributed by atoms with E-state index in [2.05, 4.69) is 23.5 Å². The molecule has 0 spiro atoms. The Balaban J connectivity index is 2.40. The Morgan fingerprint density at radius 1 is 1.50 bits per heavy atom. The number of allylic oxidation sites excluding steroid dienone is 2. The molecule has 0 unspecified atom stereocenters. The second-order valence-corrected chi connectivity index (χ2v) is 1.77. The van der Waals surface area contributed by atoms with E-state index in [0.717, 1.165) is 6.42 Å². The molecule has 1 aliphatic carbocycles. The van der Waals surface area contributed by atoms with E-state index in [1.54, 1.807) is 0 Å². The summed E-state index contributed by atoms with van der Waals surface area (Å²) in [5.74, 6) is 0. The lowest BCUT2D eigenvalue weighted by atomic mass is 10.1. The zero-order valence-corrected chi connectivity index (χ0v) is 5.02. The van der Waals surface area contributed by atoms with Crippen LogP contribution in [0.1, 0.15) is 6.42 Å². The first kappa shape index (κ1) is 5.57. The van der Waals surface area contributed by atoms with Crippen LogP contribution in [0.25, 0.3) is 0 Å². The normalized spacial score (nSPS) is 19.6. The van der Waals surface area contributed by atoms with Gasteiger partial charge >= 0.3 is 0 Å². The molecule has 0 amide bonds. The van der Waals surface area contributed by atoms with Crippen molar-refractivity contribution in [3.63, 3.8) is 0 Å². The molecule has 1 aliphatic rings. The summed E-state index contributed by atoms with van der Waals surface area (Å²) in [6.07, 6.45) is 9.36. The molecule has 8 heavy (non-hydrogen) atoms. The Hall–Kier alpha value is -0.560. The maximum Gasteiger partial charge on any atom is 0.0624 e. The summed E-state index contributed by atoms with van der Waals surface area (Å²) in [7, 11) is 1.94. The topological polar surface area (TPSA) is 12.0 Å². The molecule has 0 fully saturated rings. The molecule has 0 aromatic heterocycles. The summed E-state index contributed by atoms with van der Waals surface area (Å²) >= 11 is 0. The molecule has 1 N–H and O–H groups in total. The molecule has 0 bridgehead atoms. The van der Waals surface area contributed by atoms with Crippen LogP contribution in [0.15, 0.2) is 24.3 Å². The number of hydrogen-bond acceptors (Lipinski definition) is 1. The average Bonchev–Trinajstić information content (AvgIpc) is 1.90. The van der Waals surface area contributed by atoms with Gasteiger partial charge in [-0.15, -0.1) is 0 Å². The predicted octanol–water partition coefficient (Wildman–Crippen LogP) is 1.25. The van der Waals surface area contributed by atoms with Gasteiger partial charge in [0.1, 0.15) is 0 Å². The highest BCUT2D eigenvalue weighted by atomic mass is 14.9. The Labute approximate surface area is 50.1 Å². The van der Waals surface area contributed by atoms with E-state index < -0.39 is 0 Å². The van der Waals surface area contributed by atoms with Crippen molar-refractivity contribution in [3.05, 3.63) is 30.3 Å². The third-order valence-corrected chi connectivity index (χ3v) is 1.20. The van der Waals surface area contributed by atoms with Gasteiger partial charge in [0.25, 0.3) is 0 Å². The fraction of sp³-hybridized carbons (Fsp3) is 0.286. The molecule has 0 atom stereocenters. The average molecular weight is 108 g/mol. The van der Waals surface area contributed by atoms with Crippen LogP contribution in [-0.2, 0) is 0 Å². The van der Waals surface area contributed by atoms with E-state index >= 15 is 0 Å². The molecule has 0 saturated carbocycles. The van der Waals surface area contributed by atoms with Crippen LogP contribution in [0.3, 0.4) is 0 Å². The highest BCUT2D eigenvalue weighted by Crippen LogP contribution is 2.08. The number of hydrogen-bond donors (Lipinski definition) is 1. The third kappa shape index (κ3) is 1.20. The lowest BCUT2D eigenvalue weighted by Gasteiger charge is -2.08. The zero-order valence-electron chi connectivity index (χ0n) is 5.02. The summed E-state index contributed by atoms with van der Waals surface area (Å²) in [6.45, 7) is 0.